The van der Waals surface area contributed by atoms with Gasteiger partial charge < -0.3 is 15.8 Å². The fourth-order valence-corrected chi connectivity index (χ4v) is 3.08. The minimum absolute atomic E-state index is 0.0262. The predicted octanol–water partition coefficient (Wildman–Crippen LogP) is 3.01. The summed E-state index contributed by atoms with van der Waals surface area (Å²) in [6.45, 7) is 5.25. The smallest absolute Gasteiger partial charge is 0.141 e. The van der Waals surface area contributed by atoms with Crippen molar-refractivity contribution in [2.75, 3.05) is 19.0 Å². The van der Waals surface area contributed by atoms with Crippen LogP contribution in [-0.4, -0.2) is 19.2 Å². The van der Waals surface area contributed by atoms with E-state index in [9.17, 15) is 0 Å². The van der Waals surface area contributed by atoms with Gasteiger partial charge >= 0.3 is 0 Å². The fraction of sp³-hybridized carbons (Fsp3) is 0.600. The zero-order valence-corrected chi connectivity index (χ0v) is 11.6. The summed E-state index contributed by atoms with van der Waals surface area (Å²) in [6.07, 6.45) is 3.56. The van der Waals surface area contributed by atoms with Gasteiger partial charge in [-0.3, -0.25) is 0 Å². The van der Waals surface area contributed by atoms with Crippen LogP contribution in [0, 0.1) is 5.41 Å². The van der Waals surface area contributed by atoms with Crippen LogP contribution in [0.4, 0.5) is 5.69 Å². The molecule has 0 amide bonds. The standard InChI is InChI=1S/C15H24N2O/c1-14(2)9-6-10-15(14,11-16)17-12-7-4-5-8-13(12)18-3/h4-5,7-8,17H,6,9-11,16H2,1-3H3. The normalized spacial score (nSPS) is 26.0. The molecule has 0 radical (unpaired) electrons. The highest BCUT2D eigenvalue weighted by Gasteiger charge is 2.48. The van der Waals surface area contributed by atoms with Crippen LogP contribution in [0.3, 0.4) is 0 Å². The second-order valence-corrected chi connectivity index (χ2v) is 5.85. The lowest BCUT2D eigenvalue weighted by Crippen LogP contribution is -2.53. The van der Waals surface area contributed by atoms with Gasteiger partial charge in [0.05, 0.1) is 18.3 Å². The molecule has 1 aromatic carbocycles. The number of nitrogens with one attached hydrogen (secondary N) is 1. The number of nitrogens with two attached hydrogens (primary N) is 1. The third-order valence-electron chi connectivity index (χ3n) is 4.53. The van der Waals surface area contributed by atoms with Crippen molar-refractivity contribution >= 4 is 5.69 Å². The Balaban J connectivity index is 2.31. The van der Waals surface area contributed by atoms with Crippen molar-refractivity contribution in [3.8, 4) is 5.75 Å². The molecule has 1 atom stereocenters. The zero-order chi connectivity index (χ0) is 13.2. The monoisotopic (exact) mass is 248 g/mol. The second kappa shape index (κ2) is 4.81. The van der Waals surface area contributed by atoms with Crippen molar-refractivity contribution in [1.82, 2.24) is 0 Å². The van der Waals surface area contributed by atoms with E-state index in [0.29, 0.717) is 6.54 Å². The molecule has 2 rings (SSSR count). The van der Waals surface area contributed by atoms with Gasteiger partial charge in [0.25, 0.3) is 0 Å². The molecule has 1 fully saturated rings. The number of anilines is 1. The molecule has 3 heteroatoms. The molecule has 100 valence electrons. The highest BCUT2D eigenvalue weighted by molar-refractivity contribution is 5.58. The molecular formula is C15H24N2O. The van der Waals surface area contributed by atoms with E-state index < -0.39 is 0 Å². The number of hydrogen-bond acceptors (Lipinski definition) is 3. The predicted molar refractivity (Wildman–Crippen MR) is 76.0 cm³/mol. The lowest BCUT2D eigenvalue weighted by Gasteiger charge is -2.42. The van der Waals surface area contributed by atoms with Crippen LogP contribution in [0.5, 0.6) is 5.75 Å². The van der Waals surface area contributed by atoms with E-state index in [-0.39, 0.29) is 11.0 Å². The van der Waals surface area contributed by atoms with E-state index in [4.69, 9.17) is 10.5 Å². The number of methoxy groups -OCH3 is 1. The molecule has 1 aliphatic carbocycles. The molecular weight excluding hydrogens is 224 g/mol. The molecule has 1 saturated carbocycles. The van der Waals surface area contributed by atoms with Gasteiger partial charge in [0.1, 0.15) is 5.75 Å². The summed E-state index contributed by atoms with van der Waals surface area (Å²) >= 11 is 0. The first kappa shape index (κ1) is 13.2. The molecule has 18 heavy (non-hydrogen) atoms. The minimum Gasteiger partial charge on any atom is -0.495 e. The first-order valence-electron chi connectivity index (χ1n) is 6.66. The Morgan fingerprint density at radius 1 is 1.28 bits per heavy atom. The van der Waals surface area contributed by atoms with E-state index in [2.05, 4.69) is 25.2 Å². The van der Waals surface area contributed by atoms with Crippen molar-refractivity contribution in [3.63, 3.8) is 0 Å². The molecule has 0 aliphatic heterocycles. The van der Waals surface area contributed by atoms with Crippen LogP contribution in [-0.2, 0) is 0 Å². The fourth-order valence-electron chi connectivity index (χ4n) is 3.08. The SMILES string of the molecule is COc1ccccc1NC1(CN)CCCC1(C)C. The summed E-state index contributed by atoms with van der Waals surface area (Å²) in [5, 5.41) is 3.66. The third-order valence-corrected chi connectivity index (χ3v) is 4.53. The molecule has 3 nitrogen and oxygen atoms in total. The van der Waals surface area contributed by atoms with Gasteiger partial charge in [-0.25, -0.2) is 0 Å². The molecule has 0 saturated heterocycles. The summed E-state index contributed by atoms with van der Waals surface area (Å²) in [6, 6.07) is 8.05. The quantitative estimate of drug-likeness (QED) is 0.861. The van der Waals surface area contributed by atoms with E-state index in [1.807, 2.05) is 18.2 Å². The summed E-state index contributed by atoms with van der Waals surface area (Å²) < 4.78 is 5.41. The van der Waals surface area contributed by atoms with Gasteiger partial charge in [-0.2, -0.15) is 0 Å². The van der Waals surface area contributed by atoms with Gasteiger partial charge in [-0.1, -0.05) is 32.4 Å². The van der Waals surface area contributed by atoms with Crippen molar-refractivity contribution in [3.05, 3.63) is 24.3 Å². The number of ether oxygens (including phenoxy) is 1. The summed E-state index contributed by atoms with van der Waals surface area (Å²) in [4.78, 5) is 0. The molecule has 1 aromatic rings. The average Bonchev–Trinajstić information content (AvgIpc) is 2.66. The lowest BCUT2D eigenvalue weighted by molar-refractivity contribution is 0.238. The molecule has 1 aliphatic rings. The number of hydrogen-bond donors (Lipinski definition) is 2. The molecule has 0 bridgehead atoms. The maximum Gasteiger partial charge on any atom is 0.141 e. The van der Waals surface area contributed by atoms with Gasteiger partial charge in [-0.05, 0) is 30.4 Å². The van der Waals surface area contributed by atoms with E-state index in [1.54, 1.807) is 7.11 Å². The Kier molecular flexibility index (Phi) is 3.53. The Morgan fingerprint density at radius 2 is 2.00 bits per heavy atom. The first-order chi connectivity index (χ1) is 8.54. The average molecular weight is 248 g/mol. The van der Waals surface area contributed by atoms with Crippen LogP contribution < -0.4 is 15.8 Å². The van der Waals surface area contributed by atoms with Gasteiger partial charge in [0.15, 0.2) is 0 Å². The van der Waals surface area contributed by atoms with Crippen molar-refractivity contribution in [1.29, 1.82) is 0 Å². The lowest BCUT2D eigenvalue weighted by atomic mass is 9.74. The van der Waals surface area contributed by atoms with E-state index >= 15 is 0 Å². The molecule has 0 spiro atoms. The van der Waals surface area contributed by atoms with Crippen LogP contribution in [0.15, 0.2) is 24.3 Å². The summed E-state index contributed by atoms with van der Waals surface area (Å²) in [7, 11) is 1.70. The van der Waals surface area contributed by atoms with Crippen LogP contribution in [0.2, 0.25) is 0 Å². The van der Waals surface area contributed by atoms with Crippen molar-refractivity contribution in [2.24, 2.45) is 11.1 Å². The second-order valence-electron chi connectivity index (χ2n) is 5.85. The van der Waals surface area contributed by atoms with Crippen LogP contribution in [0.1, 0.15) is 33.1 Å². The molecule has 3 N–H and O–H groups in total. The van der Waals surface area contributed by atoms with Crippen molar-refractivity contribution < 1.29 is 4.74 Å². The number of rotatable bonds is 4. The Labute approximate surface area is 110 Å². The number of benzene rings is 1. The Hall–Kier alpha value is -1.22. The van der Waals surface area contributed by atoms with Crippen molar-refractivity contribution in [2.45, 2.75) is 38.6 Å². The Bertz CT molecular complexity index is 417. The Morgan fingerprint density at radius 3 is 2.56 bits per heavy atom. The topological polar surface area (TPSA) is 47.3 Å². The van der Waals surface area contributed by atoms with Gasteiger partial charge in [0.2, 0.25) is 0 Å². The zero-order valence-electron chi connectivity index (χ0n) is 11.6. The third kappa shape index (κ3) is 2.07. The molecule has 1 unspecified atom stereocenters. The van der Waals surface area contributed by atoms with Gasteiger partial charge in [0, 0.05) is 6.54 Å². The number of para-hydroxylation sites is 2. The minimum atomic E-state index is -0.0262. The molecule has 0 aromatic heterocycles. The maximum absolute atomic E-state index is 6.08. The largest absolute Gasteiger partial charge is 0.495 e. The maximum atomic E-state index is 6.08. The molecule has 0 heterocycles. The van der Waals surface area contributed by atoms with Crippen LogP contribution >= 0.6 is 0 Å². The summed E-state index contributed by atoms with van der Waals surface area (Å²) in [5.41, 5.74) is 7.31. The first-order valence-corrected chi connectivity index (χ1v) is 6.66. The highest BCUT2D eigenvalue weighted by Crippen LogP contribution is 2.48. The summed E-state index contributed by atoms with van der Waals surface area (Å²) in [5.74, 6) is 0.882. The van der Waals surface area contributed by atoms with E-state index in [0.717, 1.165) is 17.9 Å². The van der Waals surface area contributed by atoms with Gasteiger partial charge in [-0.15, -0.1) is 0 Å². The van der Waals surface area contributed by atoms with Crippen LogP contribution in [0.25, 0.3) is 0 Å². The van der Waals surface area contributed by atoms with E-state index in [1.165, 1.54) is 12.8 Å². The highest BCUT2D eigenvalue weighted by atomic mass is 16.5.